The summed E-state index contributed by atoms with van der Waals surface area (Å²) in [5.41, 5.74) is -0.579. The number of aliphatic carboxylic acids is 1. The average molecular weight is 215 g/mol. The highest BCUT2D eigenvalue weighted by molar-refractivity contribution is 5.75. The van der Waals surface area contributed by atoms with Crippen molar-refractivity contribution >= 4 is 5.97 Å². The van der Waals surface area contributed by atoms with Gasteiger partial charge in [0.2, 0.25) is 0 Å². The third kappa shape index (κ3) is 2.92. The Morgan fingerprint density at radius 3 is 2.27 bits per heavy atom. The quantitative estimate of drug-likeness (QED) is 0.749. The van der Waals surface area contributed by atoms with E-state index in [1.54, 1.807) is 0 Å². The number of ether oxygens (including phenoxy) is 1. The number of hydrogen-bond donors (Lipinski definition) is 1. The van der Waals surface area contributed by atoms with Gasteiger partial charge in [0.1, 0.15) is 0 Å². The van der Waals surface area contributed by atoms with Gasteiger partial charge >= 0.3 is 5.97 Å². The Hall–Kier alpha value is -0.610. The van der Waals surface area contributed by atoms with E-state index in [-0.39, 0.29) is 0 Å². The van der Waals surface area contributed by atoms with Crippen LogP contribution in [0.1, 0.15) is 26.7 Å². The van der Waals surface area contributed by atoms with Crippen molar-refractivity contribution in [2.24, 2.45) is 5.41 Å². The summed E-state index contributed by atoms with van der Waals surface area (Å²) in [7, 11) is 0. The molecule has 1 saturated heterocycles. The lowest BCUT2D eigenvalue weighted by Crippen LogP contribution is -2.46. The molecule has 0 atom stereocenters. The molecule has 0 radical (unpaired) electrons. The Morgan fingerprint density at radius 1 is 1.33 bits per heavy atom. The molecule has 0 aromatic heterocycles. The first-order valence-corrected chi connectivity index (χ1v) is 5.68. The van der Waals surface area contributed by atoms with Crippen LogP contribution in [0.25, 0.3) is 0 Å². The van der Waals surface area contributed by atoms with Gasteiger partial charge in [0.05, 0.1) is 5.41 Å². The van der Waals surface area contributed by atoms with Crippen LogP contribution in [0.15, 0.2) is 0 Å². The molecule has 0 saturated carbocycles. The van der Waals surface area contributed by atoms with E-state index in [1.807, 2.05) is 0 Å². The van der Waals surface area contributed by atoms with Crippen molar-refractivity contribution in [1.29, 1.82) is 0 Å². The Balaban J connectivity index is 2.67. The number of carboxylic acid groups (broad SMARTS) is 1. The molecule has 0 spiro atoms. The zero-order chi connectivity index (χ0) is 11.3. The SMILES string of the molecule is CCN(CC)CC1(C(=O)O)CCOCC1. The minimum absolute atomic E-state index is 0.577. The number of nitrogens with zero attached hydrogens (tertiary/aromatic N) is 1. The van der Waals surface area contributed by atoms with Gasteiger partial charge in [-0.2, -0.15) is 0 Å². The van der Waals surface area contributed by atoms with E-state index in [0.29, 0.717) is 32.6 Å². The van der Waals surface area contributed by atoms with Crippen molar-refractivity contribution < 1.29 is 14.6 Å². The van der Waals surface area contributed by atoms with Crippen LogP contribution < -0.4 is 0 Å². The highest BCUT2D eigenvalue weighted by Crippen LogP contribution is 2.31. The fourth-order valence-corrected chi connectivity index (χ4v) is 2.08. The lowest BCUT2D eigenvalue weighted by atomic mass is 9.79. The number of rotatable bonds is 5. The summed E-state index contributed by atoms with van der Waals surface area (Å²) < 4.78 is 5.24. The molecule has 0 aromatic rings. The second-order valence-electron chi connectivity index (χ2n) is 4.16. The number of carboxylic acids is 1. The van der Waals surface area contributed by atoms with Gasteiger partial charge in [0.15, 0.2) is 0 Å². The van der Waals surface area contributed by atoms with Crippen molar-refractivity contribution in [3.63, 3.8) is 0 Å². The molecule has 0 unspecified atom stereocenters. The first-order chi connectivity index (χ1) is 7.14. The molecule has 4 nitrogen and oxygen atoms in total. The van der Waals surface area contributed by atoms with E-state index >= 15 is 0 Å². The molecular weight excluding hydrogens is 194 g/mol. The van der Waals surface area contributed by atoms with Gasteiger partial charge in [-0.1, -0.05) is 13.8 Å². The molecule has 4 heteroatoms. The van der Waals surface area contributed by atoms with Crippen LogP contribution in [-0.2, 0) is 9.53 Å². The highest BCUT2D eigenvalue weighted by atomic mass is 16.5. The maximum absolute atomic E-state index is 11.4. The van der Waals surface area contributed by atoms with E-state index in [0.717, 1.165) is 13.1 Å². The van der Waals surface area contributed by atoms with Crippen molar-refractivity contribution in [2.75, 3.05) is 32.8 Å². The molecule has 1 rings (SSSR count). The van der Waals surface area contributed by atoms with Gasteiger partial charge in [-0.15, -0.1) is 0 Å². The van der Waals surface area contributed by atoms with E-state index in [9.17, 15) is 9.90 Å². The van der Waals surface area contributed by atoms with Gasteiger partial charge in [0, 0.05) is 19.8 Å². The molecule has 1 aliphatic rings. The maximum atomic E-state index is 11.4. The largest absolute Gasteiger partial charge is 0.481 e. The van der Waals surface area contributed by atoms with Crippen LogP contribution >= 0.6 is 0 Å². The van der Waals surface area contributed by atoms with Crippen molar-refractivity contribution in [3.8, 4) is 0 Å². The fraction of sp³-hybridized carbons (Fsp3) is 0.909. The predicted molar refractivity (Wildman–Crippen MR) is 57.9 cm³/mol. The van der Waals surface area contributed by atoms with Crippen molar-refractivity contribution in [3.05, 3.63) is 0 Å². The molecule has 15 heavy (non-hydrogen) atoms. The standard InChI is InChI=1S/C11H21NO3/c1-3-12(4-2)9-11(10(13)14)5-7-15-8-6-11/h3-9H2,1-2H3,(H,13,14). The number of hydrogen-bond acceptors (Lipinski definition) is 3. The third-order valence-electron chi connectivity index (χ3n) is 3.32. The van der Waals surface area contributed by atoms with E-state index < -0.39 is 11.4 Å². The second kappa shape index (κ2) is 5.47. The van der Waals surface area contributed by atoms with E-state index in [1.165, 1.54) is 0 Å². The minimum atomic E-state index is -0.669. The van der Waals surface area contributed by atoms with E-state index in [4.69, 9.17) is 4.74 Å². The van der Waals surface area contributed by atoms with Crippen LogP contribution in [0.2, 0.25) is 0 Å². The van der Waals surface area contributed by atoms with Crippen LogP contribution in [0.5, 0.6) is 0 Å². The lowest BCUT2D eigenvalue weighted by molar-refractivity contribution is -0.156. The predicted octanol–water partition coefficient (Wildman–Crippen LogP) is 1.21. The molecule has 0 amide bonds. The topological polar surface area (TPSA) is 49.8 Å². The summed E-state index contributed by atoms with van der Waals surface area (Å²) in [6, 6.07) is 0. The Bertz CT molecular complexity index is 208. The summed E-state index contributed by atoms with van der Waals surface area (Å²) >= 11 is 0. The van der Waals surface area contributed by atoms with Gasteiger partial charge < -0.3 is 14.7 Å². The molecule has 1 aliphatic heterocycles. The Labute approximate surface area is 91.2 Å². The smallest absolute Gasteiger partial charge is 0.311 e. The van der Waals surface area contributed by atoms with Crippen LogP contribution in [-0.4, -0.2) is 48.8 Å². The molecule has 1 N–H and O–H groups in total. The first kappa shape index (κ1) is 12.5. The normalized spacial score (nSPS) is 20.5. The summed E-state index contributed by atoms with van der Waals surface area (Å²) in [5, 5.41) is 9.35. The first-order valence-electron chi connectivity index (χ1n) is 5.68. The zero-order valence-corrected chi connectivity index (χ0v) is 9.66. The van der Waals surface area contributed by atoms with E-state index in [2.05, 4.69) is 18.7 Å². The average Bonchev–Trinajstić information content (AvgIpc) is 2.27. The highest BCUT2D eigenvalue weighted by Gasteiger charge is 2.41. The Morgan fingerprint density at radius 2 is 1.87 bits per heavy atom. The molecule has 88 valence electrons. The molecule has 1 heterocycles. The zero-order valence-electron chi connectivity index (χ0n) is 9.66. The second-order valence-corrected chi connectivity index (χ2v) is 4.16. The minimum Gasteiger partial charge on any atom is -0.481 e. The van der Waals surface area contributed by atoms with Crippen LogP contribution in [0.4, 0.5) is 0 Å². The monoisotopic (exact) mass is 215 g/mol. The summed E-state index contributed by atoms with van der Waals surface area (Å²) in [6.45, 7) is 7.76. The van der Waals surface area contributed by atoms with Gasteiger partial charge in [-0.05, 0) is 25.9 Å². The maximum Gasteiger partial charge on any atom is 0.311 e. The molecule has 0 bridgehead atoms. The summed E-state index contributed by atoms with van der Waals surface area (Å²) in [6.07, 6.45) is 1.28. The number of carbonyl (C=O) groups is 1. The summed E-state index contributed by atoms with van der Waals surface area (Å²) in [4.78, 5) is 13.5. The van der Waals surface area contributed by atoms with Gasteiger partial charge in [-0.3, -0.25) is 4.79 Å². The van der Waals surface area contributed by atoms with Crippen molar-refractivity contribution in [1.82, 2.24) is 4.90 Å². The molecule has 0 aliphatic carbocycles. The van der Waals surface area contributed by atoms with Crippen LogP contribution in [0, 0.1) is 5.41 Å². The fourth-order valence-electron chi connectivity index (χ4n) is 2.08. The molecular formula is C11H21NO3. The molecule has 1 fully saturated rings. The van der Waals surface area contributed by atoms with Gasteiger partial charge in [0.25, 0.3) is 0 Å². The summed E-state index contributed by atoms with van der Waals surface area (Å²) in [5.74, 6) is -0.669. The Kier molecular flexibility index (Phi) is 4.54. The molecule has 0 aromatic carbocycles. The van der Waals surface area contributed by atoms with Crippen molar-refractivity contribution in [2.45, 2.75) is 26.7 Å². The third-order valence-corrected chi connectivity index (χ3v) is 3.32. The van der Waals surface area contributed by atoms with Gasteiger partial charge in [-0.25, -0.2) is 0 Å². The van der Waals surface area contributed by atoms with Crippen LogP contribution in [0.3, 0.4) is 0 Å². The lowest BCUT2D eigenvalue weighted by Gasteiger charge is -2.36.